The van der Waals surface area contributed by atoms with Crippen LogP contribution in [0.2, 0.25) is 0 Å². The second-order valence-corrected chi connectivity index (χ2v) is 7.16. The highest BCUT2D eigenvalue weighted by molar-refractivity contribution is 7.09. The minimum Gasteiger partial charge on any atom is -0.378 e. The van der Waals surface area contributed by atoms with E-state index in [0.717, 1.165) is 16.4 Å². The normalized spacial score (nSPS) is 11.5. The van der Waals surface area contributed by atoms with Crippen LogP contribution in [-0.4, -0.2) is 18.0 Å². The van der Waals surface area contributed by atoms with Crippen molar-refractivity contribution in [2.75, 3.05) is 12.4 Å². The molecule has 5 heteroatoms. The Morgan fingerprint density at radius 3 is 2.55 bits per heavy atom. The highest BCUT2D eigenvalue weighted by Crippen LogP contribution is 2.23. The van der Waals surface area contributed by atoms with Crippen molar-refractivity contribution in [2.45, 2.75) is 39.2 Å². The zero-order valence-corrected chi connectivity index (χ0v) is 14.3. The van der Waals surface area contributed by atoms with Gasteiger partial charge >= 0.3 is 0 Å². The van der Waals surface area contributed by atoms with Crippen molar-refractivity contribution in [3.05, 3.63) is 45.9 Å². The Kier molecular flexibility index (Phi) is 5.32. The Labute approximate surface area is 135 Å². The molecular formula is C17H22N2O2S. The van der Waals surface area contributed by atoms with Gasteiger partial charge in [-0.05, 0) is 23.1 Å². The van der Waals surface area contributed by atoms with Crippen molar-refractivity contribution in [1.82, 2.24) is 4.98 Å². The Morgan fingerprint density at radius 2 is 1.95 bits per heavy atom. The number of nitrogens with one attached hydrogen (secondary N) is 1. The molecule has 0 saturated heterocycles. The van der Waals surface area contributed by atoms with E-state index in [9.17, 15) is 4.79 Å². The third kappa shape index (κ3) is 4.64. The van der Waals surface area contributed by atoms with Crippen LogP contribution in [0, 0.1) is 0 Å². The number of carbonyl (C=O) groups is 1. The standard InChI is InChI=1S/C17H22N2O2S/c1-17(2,3)12-5-7-13(8-6-12)18-15(20)9-14-11-22-16(19-14)10-21-4/h5-8,11H,9-10H2,1-4H3,(H,18,20). The van der Waals surface area contributed by atoms with Crippen molar-refractivity contribution < 1.29 is 9.53 Å². The fourth-order valence-electron chi connectivity index (χ4n) is 2.04. The molecule has 0 atom stereocenters. The average molecular weight is 318 g/mol. The lowest BCUT2D eigenvalue weighted by Gasteiger charge is -2.19. The zero-order valence-electron chi connectivity index (χ0n) is 13.5. The van der Waals surface area contributed by atoms with Gasteiger partial charge in [-0.2, -0.15) is 0 Å². The van der Waals surface area contributed by atoms with Crippen LogP contribution < -0.4 is 5.32 Å². The predicted molar refractivity (Wildman–Crippen MR) is 90.3 cm³/mol. The molecule has 0 fully saturated rings. The summed E-state index contributed by atoms with van der Waals surface area (Å²) in [6.07, 6.45) is 0.279. The van der Waals surface area contributed by atoms with Crippen LogP contribution in [-0.2, 0) is 28.0 Å². The number of ether oxygens (including phenoxy) is 1. The average Bonchev–Trinajstić information content (AvgIpc) is 2.86. The summed E-state index contributed by atoms with van der Waals surface area (Å²) in [6.45, 7) is 6.99. The fourth-order valence-corrected chi connectivity index (χ4v) is 2.81. The second kappa shape index (κ2) is 7.03. The number of carbonyl (C=O) groups excluding carboxylic acids is 1. The number of hydrogen-bond donors (Lipinski definition) is 1. The van der Waals surface area contributed by atoms with E-state index in [-0.39, 0.29) is 17.7 Å². The predicted octanol–water partition coefficient (Wildman–Crippen LogP) is 3.77. The maximum Gasteiger partial charge on any atom is 0.230 e. The van der Waals surface area contributed by atoms with Gasteiger partial charge in [0.1, 0.15) is 5.01 Å². The first-order valence-corrected chi connectivity index (χ1v) is 8.09. The lowest BCUT2D eigenvalue weighted by molar-refractivity contribution is -0.115. The first kappa shape index (κ1) is 16.6. The lowest BCUT2D eigenvalue weighted by atomic mass is 9.87. The molecular weight excluding hydrogens is 296 g/mol. The monoisotopic (exact) mass is 318 g/mol. The van der Waals surface area contributed by atoms with Crippen molar-refractivity contribution in [2.24, 2.45) is 0 Å². The molecule has 0 aliphatic heterocycles. The van der Waals surface area contributed by atoms with Gasteiger partial charge in [0.25, 0.3) is 0 Å². The van der Waals surface area contributed by atoms with Crippen molar-refractivity contribution in [1.29, 1.82) is 0 Å². The Balaban J connectivity index is 1.93. The number of methoxy groups -OCH3 is 1. The van der Waals surface area contributed by atoms with Gasteiger partial charge in [0.15, 0.2) is 0 Å². The minimum absolute atomic E-state index is 0.0576. The minimum atomic E-state index is -0.0576. The Hall–Kier alpha value is -1.72. The lowest BCUT2D eigenvalue weighted by Crippen LogP contribution is -2.15. The fraction of sp³-hybridized carbons (Fsp3) is 0.412. The van der Waals surface area contributed by atoms with Crippen LogP contribution in [0.1, 0.15) is 37.0 Å². The van der Waals surface area contributed by atoms with E-state index in [1.54, 1.807) is 7.11 Å². The number of nitrogens with zero attached hydrogens (tertiary/aromatic N) is 1. The van der Waals surface area contributed by atoms with Crippen LogP contribution in [0.15, 0.2) is 29.6 Å². The van der Waals surface area contributed by atoms with Gasteiger partial charge in [-0.15, -0.1) is 11.3 Å². The van der Waals surface area contributed by atoms with Crippen molar-refractivity contribution >= 4 is 22.9 Å². The van der Waals surface area contributed by atoms with Crippen LogP contribution >= 0.6 is 11.3 Å². The molecule has 118 valence electrons. The van der Waals surface area contributed by atoms with Gasteiger partial charge in [-0.1, -0.05) is 32.9 Å². The molecule has 4 nitrogen and oxygen atoms in total. The van der Waals surface area contributed by atoms with E-state index in [1.165, 1.54) is 16.9 Å². The molecule has 1 aromatic carbocycles. The smallest absolute Gasteiger partial charge is 0.230 e. The third-order valence-corrected chi connectivity index (χ3v) is 4.11. The Bertz CT molecular complexity index is 627. The summed E-state index contributed by atoms with van der Waals surface area (Å²) in [4.78, 5) is 16.4. The van der Waals surface area contributed by atoms with Gasteiger partial charge in [-0.25, -0.2) is 4.98 Å². The van der Waals surface area contributed by atoms with Crippen molar-refractivity contribution in [3.8, 4) is 0 Å². The number of rotatable bonds is 5. The molecule has 0 aliphatic rings. The van der Waals surface area contributed by atoms with Crippen LogP contribution in [0.4, 0.5) is 5.69 Å². The van der Waals surface area contributed by atoms with E-state index in [2.05, 4.69) is 43.2 Å². The third-order valence-electron chi connectivity index (χ3n) is 3.24. The van der Waals surface area contributed by atoms with Gasteiger partial charge in [-0.3, -0.25) is 4.79 Å². The van der Waals surface area contributed by atoms with E-state index in [4.69, 9.17) is 4.74 Å². The second-order valence-electron chi connectivity index (χ2n) is 6.22. The number of amides is 1. The molecule has 0 saturated carbocycles. The molecule has 22 heavy (non-hydrogen) atoms. The molecule has 0 spiro atoms. The van der Waals surface area contributed by atoms with Gasteiger partial charge in [0.2, 0.25) is 5.91 Å². The maximum absolute atomic E-state index is 12.1. The number of hydrogen-bond acceptors (Lipinski definition) is 4. The van der Waals surface area contributed by atoms with Gasteiger partial charge < -0.3 is 10.1 Å². The number of benzene rings is 1. The number of anilines is 1. The Morgan fingerprint density at radius 1 is 1.27 bits per heavy atom. The number of aromatic nitrogens is 1. The largest absolute Gasteiger partial charge is 0.378 e. The molecule has 1 N–H and O–H groups in total. The zero-order chi connectivity index (χ0) is 16.2. The van der Waals surface area contributed by atoms with Crippen LogP contribution in [0.3, 0.4) is 0 Å². The summed E-state index contributed by atoms with van der Waals surface area (Å²) < 4.78 is 5.03. The van der Waals surface area contributed by atoms with Crippen molar-refractivity contribution in [3.63, 3.8) is 0 Å². The quantitative estimate of drug-likeness (QED) is 0.913. The summed E-state index contributed by atoms with van der Waals surface area (Å²) in [5.41, 5.74) is 2.95. The molecule has 1 heterocycles. The van der Waals surface area contributed by atoms with Gasteiger partial charge in [0, 0.05) is 18.2 Å². The number of thiazole rings is 1. The summed E-state index contributed by atoms with van der Waals surface area (Å²) >= 11 is 1.51. The summed E-state index contributed by atoms with van der Waals surface area (Å²) in [6, 6.07) is 7.98. The molecule has 1 amide bonds. The highest BCUT2D eigenvalue weighted by Gasteiger charge is 2.13. The summed E-state index contributed by atoms with van der Waals surface area (Å²) in [5.74, 6) is -0.0576. The van der Waals surface area contributed by atoms with Gasteiger partial charge in [0.05, 0.1) is 18.7 Å². The highest BCUT2D eigenvalue weighted by atomic mass is 32.1. The summed E-state index contributed by atoms with van der Waals surface area (Å²) in [7, 11) is 1.63. The molecule has 0 unspecified atom stereocenters. The maximum atomic E-state index is 12.1. The van der Waals surface area contributed by atoms with E-state index >= 15 is 0 Å². The molecule has 0 radical (unpaired) electrons. The van der Waals surface area contributed by atoms with E-state index in [1.807, 2.05) is 17.5 Å². The summed E-state index contributed by atoms with van der Waals surface area (Å²) in [5, 5.41) is 5.69. The molecule has 2 aromatic rings. The first-order valence-electron chi connectivity index (χ1n) is 7.21. The van der Waals surface area contributed by atoms with E-state index < -0.39 is 0 Å². The molecule has 1 aromatic heterocycles. The SMILES string of the molecule is COCc1nc(CC(=O)Nc2ccc(C(C)(C)C)cc2)cs1. The first-order chi connectivity index (χ1) is 10.4. The van der Waals surface area contributed by atoms with Crippen LogP contribution in [0.25, 0.3) is 0 Å². The molecule has 0 bridgehead atoms. The van der Waals surface area contributed by atoms with E-state index in [0.29, 0.717) is 6.61 Å². The molecule has 2 rings (SSSR count). The molecule has 0 aliphatic carbocycles. The topological polar surface area (TPSA) is 51.2 Å². The van der Waals surface area contributed by atoms with Crippen LogP contribution in [0.5, 0.6) is 0 Å².